The van der Waals surface area contributed by atoms with E-state index in [0.717, 1.165) is 42.8 Å². The van der Waals surface area contributed by atoms with E-state index in [4.69, 9.17) is 0 Å². The molecule has 6 nitrogen and oxygen atoms in total. The number of ketones is 1. The third-order valence-electron chi connectivity index (χ3n) is 8.81. The molecule has 0 spiro atoms. The molecule has 0 aromatic heterocycles. The van der Waals surface area contributed by atoms with Crippen molar-refractivity contribution in [2.45, 2.75) is 89.4 Å². The number of carbonyl (C=O) groups excluding carboxylic acids is 1. The van der Waals surface area contributed by atoms with Gasteiger partial charge in [-0.1, -0.05) is 57.0 Å². The van der Waals surface area contributed by atoms with E-state index in [1.54, 1.807) is 12.1 Å². The molecule has 7 heteroatoms. The highest BCUT2D eigenvalue weighted by atomic mass is 32.2. The van der Waals surface area contributed by atoms with Gasteiger partial charge in [-0.2, -0.15) is 13.0 Å². The number of fused-ring (bicyclic) bond motifs is 2. The van der Waals surface area contributed by atoms with Gasteiger partial charge in [0.15, 0.2) is 5.71 Å². The van der Waals surface area contributed by atoms with E-state index < -0.39 is 15.5 Å². The van der Waals surface area contributed by atoms with Gasteiger partial charge in [0.2, 0.25) is 5.69 Å². The predicted octanol–water partition coefficient (Wildman–Crippen LogP) is 7.58. The molecule has 0 radical (unpaired) electrons. The number of carbonyl (C=O) groups is 1. The maximum absolute atomic E-state index is 11.9. The largest absolute Gasteiger partial charge is 0.344 e. The average molecular weight is 590 g/mol. The summed E-state index contributed by atoms with van der Waals surface area (Å²) in [5, 5.41) is 0. The van der Waals surface area contributed by atoms with Crippen LogP contribution in [0.2, 0.25) is 0 Å². The van der Waals surface area contributed by atoms with E-state index in [1.807, 2.05) is 19.1 Å². The number of Topliss-reactive ketones (excluding diaryl/α,β-unsaturated/α-hetero) is 1. The average Bonchev–Trinajstić information content (AvgIpc) is 3.25. The van der Waals surface area contributed by atoms with Gasteiger partial charge in [0.05, 0.1) is 10.3 Å². The molecule has 1 N–H and O–H groups in total. The Balaban J connectivity index is 1.59. The quantitative estimate of drug-likeness (QED) is 0.127. The highest BCUT2D eigenvalue weighted by molar-refractivity contribution is 7.85. The zero-order chi connectivity index (χ0) is 30.9. The number of unbranched alkanes of at least 4 members (excludes halogenated alkanes) is 2. The van der Waals surface area contributed by atoms with Crippen LogP contribution in [0.1, 0.15) is 83.4 Å². The van der Waals surface area contributed by atoms with E-state index in [1.165, 1.54) is 28.6 Å². The van der Waals surface area contributed by atoms with E-state index in [2.05, 4.69) is 87.6 Å². The van der Waals surface area contributed by atoms with Crippen LogP contribution in [0.4, 0.5) is 11.4 Å². The molecule has 0 aliphatic carbocycles. The molecule has 42 heavy (non-hydrogen) atoms. The highest BCUT2D eigenvalue weighted by Crippen LogP contribution is 2.48. The van der Waals surface area contributed by atoms with Crippen molar-refractivity contribution < 1.29 is 22.3 Å². The fraction of sp³-hybridized carbons (Fsp3) is 0.429. The van der Waals surface area contributed by atoms with Crippen LogP contribution in [0.15, 0.2) is 77.4 Å². The van der Waals surface area contributed by atoms with Crippen molar-refractivity contribution in [1.82, 2.24) is 0 Å². The van der Waals surface area contributed by atoms with Crippen molar-refractivity contribution in [1.29, 1.82) is 0 Å². The minimum Gasteiger partial charge on any atom is -0.344 e. The smallest absolute Gasteiger partial charge is 0.294 e. The summed E-state index contributed by atoms with van der Waals surface area (Å²) in [6.07, 6.45) is 14.3. The topological polar surface area (TPSA) is 77.7 Å². The number of rotatable bonds is 11. The predicted molar refractivity (Wildman–Crippen MR) is 172 cm³/mol. The Bertz CT molecular complexity index is 1610. The number of hydrogen-bond donors (Lipinski definition) is 1. The second-order valence-electron chi connectivity index (χ2n) is 12.5. The monoisotopic (exact) mass is 589 g/mol. The van der Waals surface area contributed by atoms with Crippen LogP contribution in [-0.2, 0) is 25.7 Å². The maximum atomic E-state index is 11.9. The molecule has 0 atom stereocenters. The Morgan fingerprint density at radius 1 is 0.952 bits per heavy atom. The summed E-state index contributed by atoms with van der Waals surface area (Å²) in [5.74, 6) is 0.295. The zero-order valence-electron chi connectivity index (χ0n) is 26.1. The molecular weight excluding hydrogens is 544 g/mol. The fourth-order valence-electron chi connectivity index (χ4n) is 6.31. The van der Waals surface area contributed by atoms with Crippen molar-refractivity contribution in [3.8, 4) is 0 Å². The van der Waals surface area contributed by atoms with Crippen LogP contribution in [0, 0.1) is 6.92 Å². The van der Waals surface area contributed by atoms with Gasteiger partial charge in [-0.3, -0.25) is 9.35 Å². The van der Waals surface area contributed by atoms with Crippen molar-refractivity contribution in [2.75, 3.05) is 18.5 Å². The summed E-state index contributed by atoms with van der Waals surface area (Å²) in [7, 11) is -2.20. The van der Waals surface area contributed by atoms with Crippen LogP contribution in [-0.4, -0.2) is 42.6 Å². The molecule has 0 saturated heterocycles. The maximum Gasteiger partial charge on any atom is 0.294 e. The third kappa shape index (κ3) is 6.23. The molecule has 0 unspecified atom stereocenters. The number of nitrogens with zero attached hydrogens (tertiary/aromatic N) is 2. The molecule has 0 fully saturated rings. The van der Waals surface area contributed by atoms with Gasteiger partial charge in [-0.05, 0) is 69.5 Å². The number of aryl methyl sites for hydroxylation is 1. The Labute approximate surface area is 251 Å². The van der Waals surface area contributed by atoms with Crippen molar-refractivity contribution in [3.05, 3.63) is 89.2 Å². The summed E-state index contributed by atoms with van der Waals surface area (Å²) < 4.78 is 35.8. The molecule has 0 bridgehead atoms. The first kappa shape index (κ1) is 31.6. The SMILES string of the molecule is CCC(=O)CCCCCN1C(=CC=CC=CC2=[N+](C)c3ccc(C)cc3C2(C)C)C(C)(C)c2cc(S(=O)(=O)O)ccc21. The summed E-state index contributed by atoms with van der Waals surface area (Å²) in [6, 6.07) is 11.5. The van der Waals surface area contributed by atoms with Crippen molar-refractivity contribution in [3.63, 3.8) is 0 Å². The highest BCUT2D eigenvalue weighted by Gasteiger charge is 2.43. The van der Waals surface area contributed by atoms with Crippen molar-refractivity contribution in [2.24, 2.45) is 0 Å². The molecule has 0 amide bonds. The lowest BCUT2D eigenvalue weighted by Crippen LogP contribution is -2.27. The molecule has 2 aliphatic rings. The molecule has 4 rings (SSSR count). The van der Waals surface area contributed by atoms with Crippen LogP contribution in [0.25, 0.3) is 0 Å². The van der Waals surface area contributed by atoms with Gasteiger partial charge in [0.25, 0.3) is 10.1 Å². The lowest BCUT2D eigenvalue weighted by Gasteiger charge is -2.27. The molecule has 0 saturated carbocycles. The van der Waals surface area contributed by atoms with Crippen LogP contribution in [0.3, 0.4) is 0 Å². The lowest BCUT2D eigenvalue weighted by atomic mass is 9.81. The fourth-order valence-corrected chi connectivity index (χ4v) is 6.82. The lowest BCUT2D eigenvalue weighted by molar-refractivity contribution is -0.401. The number of anilines is 1. The van der Waals surface area contributed by atoms with E-state index in [-0.39, 0.29) is 10.3 Å². The van der Waals surface area contributed by atoms with Crippen molar-refractivity contribution >= 4 is 33.0 Å². The number of allylic oxidation sites excluding steroid dienone is 6. The molecular formula is C35H45N2O4S+. The summed E-state index contributed by atoms with van der Waals surface area (Å²) in [5.41, 5.74) is 7.37. The molecule has 2 heterocycles. The van der Waals surface area contributed by atoms with Gasteiger partial charge in [-0.25, -0.2) is 0 Å². The Morgan fingerprint density at radius 3 is 2.38 bits per heavy atom. The van der Waals surface area contributed by atoms with Crippen LogP contribution in [0.5, 0.6) is 0 Å². The Morgan fingerprint density at radius 2 is 1.69 bits per heavy atom. The van der Waals surface area contributed by atoms with E-state index in [9.17, 15) is 17.8 Å². The summed E-state index contributed by atoms with van der Waals surface area (Å²) in [4.78, 5) is 13.9. The molecule has 2 aromatic carbocycles. The summed E-state index contributed by atoms with van der Waals surface area (Å²) in [6.45, 7) is 13.5. The Hall–Kier alpha value is -3.29. The van der Waals surface area contributed by atoms with E-state index in [0.29, 0.717) is 18.6 Å². The number of hydrogen-bond acceptors (Lipinski definition) is 4. The second-order valence-corrected chi connectivity index (χ2v) is 13.9. The number of benzene rings is 2. The molecule has 2 aliphatic heterocycles. The summed E-state index contributed by atoms with van der Waals surface area (Å²) >= 11 is 0. The van der Waals surface area contributed by atoms with Gasteiger partial charge in [0, 0.05) is 53.9 Å². The zero-order valence-corrected chi connectivity index (χ0v) is 26.9. The first-order chi connectivity index (χ1) is 19.7. The van der Waals surface area contributed by atoms with E-state index >= 15 is 0 Å². The molecule has 2 aromatic rings. The van der Waals surface area contributed by atoms with Crippen LogP contribution >= 0.6 is 0 Å². The normalized spacial score (nSPS) is 18.5. The standard InChI is InChI=1S/C35H44N2O4S/c1-8-26(38)15-11-10-14-22-37-31-21-19-27(42(39,40)41)24-29(31)35(5,6)33(37)17-13-9-12-16-32-34(3,4)28-23-25(2)18-20-30(28)36(32)7/h9,12-13,16-21,23-24H,8,10-11,14-15,22H2,1-7H3/p+1. The Kier molecular flexibility index (Phi) is 9.14. The van der Waals surface area contributed by atoms with Crippen LogP contribution < -0.4 is 4.90 Å². The van der Waals surface area contributed by atoms with Gasteiger partial charge in [-0.15, -0.1) is 0 Å². The first-order valence-corrected chi connectivity index (χ1v) is 16.3. The van der Waals surface area contributed by atoms with Gasteiger partial charge < -0.3 is 4.90 Å². The van der Waals surface area contributed by atoms with Gasteiger partial charge >= 0.3 is 0 Å². The second kappa shape index (κ2) is 12.1. The first-order valence-electron chi connectivity index (χ1n) is 14.9. The molecule has 224 valence electrons. The third-order valence-corrected chi connectivity index (χ3v) is 9.66. The minimum atomic E-state index is -4.31. The minimum absolute atomic E-state index is 0.0939. The van der Waals surface area contributed by atoms with Gasteiger partial charge in [0.1, 0.15) is 12.8 Å².